The third-order valence-electron chi connectivity index (χ3n) is 2.77. The number of nitrogens with zero attached hydrogens (tertiary/aromatic N) is 1. The second kappa shape index (κ2) is 5.44. The Bertz CT molecular complexity index is 564. The third kappa shape index (κ3) is 3.04. The van der Waals surface area contributed by atoms with Crippen molar-refractivity contribution in [1.82, 2.24) is 5.32 Å². The Morgan fingerprint density at radius 3 is 2.37 bits per heavy atom. The fourth-order valence-corrected chi connectivity index (χ4v) is 1.85. The largest absolute Gasteiger partial charge is 0.457 e. The number of rotatable bonds is 3. The summed E-state index contributed by atoms with van der Waals surface area (Å²) < 4.78 is 5.73. The highest BCUT2D eigenvalue weighted by molar-refractivity contribution is 5.94. The molecule has 0 bridgehead atoms. The van der Waals surface area contributed by atoms with Gasteiger partial charge < -0.3 is 15.4 Å². The van der Waals surface area contributed by atoms with Gasteiger partial charge in [-0.2, -0.15) is 0 Å². The van der Waals surface area contributed by atoms with E-state index in [0.29, 0.717) is 0 Å². The summed E-state index contributed by atoms with van der Waals surface area (Å²) in [6, 6.07) is 17.6. The Hall–Kier alpha value is -2.49. The fourth-order valence-electron chi connectivity index (χ4n) is 1.85. The van der Waals surface area contributed by atoms with Gasteiger partial charge in [0, 0.05) is 12.2 Å². The average Bonchev–Trinajstić information content (AvgIpc) is 2.95. The molecule has 3 rings (SSSR count). The maximum absolute atomic E-state index is 5.73. The molecule has 19 heavy (non-hydrogen) atoms. The molecule has 0 unspecified atom stereocenters. The van der Waals surface area contributed by atoms with Crippen LogP contribution in [-0.4, -0.2) is 19.0 Å². The van der Waals surface area contributed by atoms with Crippen LogP contribution in [0.2, 0.25) is 0 Å². The molecule has 0 aliphatic carbocycles. The van der Waals surface area contributed by atoms with Gasteiger partial charge in [-0.25, -0.2) is 0 Å². The number of guanidine groups is 1. The SMILES string of the molecule is c1ccc(Oc2ccc(NC3=NCCN3)cc2)cc1. The predicted molar refractivity (Wildman–Crippen MR) is 76.9 cm³/mol. The van der Waals surface area contributed by atoms with Crippen molar-refractivity contribution in [3.05, 3.63) is 54.6 Å². The van der Waals surface area contributed by atoms with Gasteiger partial charge in [-0.15, -0.1) is 0 Å². The molecular weight excluding hydrogens is 238 g/mol. The molecule has 4 nitrogen and oxygen atoms in total. The minimum atomic E-state index is 0.818. The van der Waals surface area contributed by atoms with E-state index < -0.39 is 0 Å². The lowest BCUT2D eigenvalue weighted by Crippen LogP contribution is -2.26. The molecule has 1 heterocycles. The number of hydrogen-bond donors (Lipinski definition) is 2. The Labute approximate surface area is 112 Å². The van der Waals surface area contributed by atoms with Crippen LogP contribution in [0.15, 0.2) is 59.6 Å². The second-order valence-electron chi connectivity index (χ2n) is 4.22. The lowest BCUT2D eigenvalue weighted by atomic mass is 10.3. The van der Waals surface area contributed by atoms with Crippen LogP contribution in [-0.2, 0) is 0 Å². The van der Waals surface area contributed by atoms with Crippen LogP contribution in [0.25, 0.3) is 0 Å². The molecule has 0 saturated heterocycles. The molecule has 2 N–H and O–H groups in total. The van der Waals surface area contributed by atoms with Crippen LogP contribution >= 0.6 is 0 Å². The number of anilines is 1. The highest BCUT2D eigenvalue weighted by atomic mass is 16.5. The highest BCUT2D eigenvalue weighted by Crippen LogP contribution is 2.22. The lowest BCUT2D eigenvalue weighted by molar-refractivity contribution is 0.483. The Morgan fingerprint density at radius 2 is 1.68 bits per heavy atom. The van der Waals surface area contributed by atoms with Gasteiger partial charge >= 0.3 is 0 Å². The molecule has 0 radical (unpaired) electrons. The van der Waals surface area contributed by atoms with E-state index in [-0.39, 0.29) is 0 Å². The first-order valence-corrected chi connectivity index (χ1v) is 6.28. The second-order valence-corrected chi connectivity index (χ2v) is 4.22. The van der Waals surface area contributed by atoms with E-state index >= 15 is 0 Å². The maximum Gasteiger partial charge on any atom is 0.195 e. The van der Waals surface area contributed by atoms with Crippen molar-refractivity contribution < 1.29 is 4.74 Å². The normalized spacial score (nSPS) is 13.6. The van der Waals surface area contributed by atoms with Gasteiger partial charge in [0.15, 0.2) is 5.96 Å². The van der Waals surface area contributed by atoms with Crippen molar-refractivity contribution in [3.63, 3.8) is 0 Å². The number of ether oxygens (including phenoxy) is 1. The maximum atomic E-state index is 5.73. The number of benzene rings is 2. The Balaban J connectivity index is 1.65. The van der Waals surface area contributed by atoms with E-state index in [9.17, 15) is 0 Å². The van der Waals surface area contributed by atoms with Crippen molar-refractivity contribution >= 4 is 11.6 Å². The molecule has 1 aliphatic heterocycles. The summed E-state index contributed by atoms with van der Waals surface area (Å²) in [5.74, 6) is 2.49. The molecule has 4 heteroatoms. The fraction of sp³-hybridized carbons (Fsp3) is 0.133. The van der Waals surface area contributed by atoms with E-state index in [4.69, 9.17) is 4.74 Å². The quantitative estimate of drug-likeness (QED) is 0.884. The first-order valence-electron chi connectivity index (χ1n) is 6.28. The first-order chi connectivity index (χ1) is 9.40. The molecule has 0 amide bonds. The van der Waals surface area contributed by atoms with Crippen molar-refractivity contribution in [2.45, 2.75) is 0 Å². The monoisotopic (exact) mass is 253 g/mol. The van der Waals surface area contributed by atoms with Crippen LogP contribution in [0.4, 0.5) is 5.69 Å². The van der Waals surface area contributed by atoms with Gasteiger partial charge in [0.2, 0.25) is 0 Å². The summed E-state index contributed by atoms with van der Waals surface area (Å²) in [7, 11) is 0. The molecule has 1 aliphatic rings. The minimum absolute atomic E-state index is 0.818. The summed E-state index contributed by atoms with van der Waals surface area (Å²) in [6.07, 6.45) is 0. The Kier molecular flexibility index (Phi) is 3.32. The molecule has 0 saturated carbocycles. The molecule has 2 aromatic carbocycles. The zero-order valence-corrected chi connectivity index (χ0v) is 10.5. The van der Waals surface area contributed by atoms with Gasteiger partial charge in [-0.1, -0.05) is 18.2 Å². The summed E-state index contributed by atoms with van der Waals surface area (Å²) >= 11 is 0. The molecule has 0 atom stereocenters. The topological polar surface area (TPSA) is 45.6 Å². The van der Waals surface area contributed by atoms with E-state index in [1.54, 1.807) is 0 Å². The molecule has 2 aromatic rings. The van der Waals surface area contributed by atoms with Crippen LogP contribution in [0.1, 0.15) is 0 Å². The summed E-state index contributed by atoms with van der Waals surface area (Å²) in [4.78, 5) is 4.28. The summed E-state index contributed by atoms with van der Waals surface area (Å²) in [6.45, 7) is 1.73. The summed E-state index contributed by atoms with van der Waals surface area (Å²) in [5.41, 5.74) is 0.994. The van der Waals surface area contributed by atoms with Gasteiger partial charge in [0.25, 0.3) is 0 Å². The predicted octanol–water partition coefficient (Wildman–Crippen LogP) is 2.85. The van der Waals surface area contributed by atoms with Crippen LogP contribution in [0, 0.1) is 0 Å². The van der Waals surface area contributed by atoms with Crippen molar-refractivity contribution in [2.75, 3.05) is 18.4 Å². The zero-order chi connectivity index (χ0) is 12.9. The zero-order valence-electron chi connectivity index (χ0n) is 10.5. The van der Waals surface area contributed by atoms with Crippen molar-refractivity contribution in [1.29, 1.82) is 0 Å². The van der Waals surface area contributed by atoms with Gasteiger partial charge in [0.1, 0.15) is 11.5 Å². The van der Waals surface area contributed by atoms with Crippen molar-refractivity contribution in [2.24, 2.45) is 4.99 Å². The van der Waals surface area contributed by atoms with E-state index in [0.717, 1.165) is 36.2 Å². The van der Waals surface area contributed by atoms with Crippen LogP contribution < -0.4 is 15.4 Å². The highest BCUT2D eigenvalue weighted by Gasteiger charge is 2.04. The van der Waals surface area contributed by atoms with Gasteiger partial charge in [0.05, 0.1) is 6.54 Å². The van der Waals surface area contributed by atoms with Crippen LogP contribution in [0.5, 0.6) is 11.5 Å². The lowest BCUT2D eigenvalue weighted by Gasteiger charge is -2.08. The minimum Gasteiger partial charge on any atom is -0.457 e. The van der Waals surface area contributed by atoms with Gasteiger partial charge in [-0.05, 0) is 36.4 Å². The van der Waals surface area contributed by atoms with E-state index in [1.165, 1.54) is 0 Å². The molecule has 0 aromatic heterocycles. The smallest absolute Gasteiger partial charge is 0.195 e. The van der Waals surface area contributed by atoms with Crippen molar-refractivity contribution in [3.8, 4) is 11.5 Å². The number of hydrogen-bond acceptors (Lipinski definition) is 4. The van der Waals surface area contributed by atoms with Crippen LogP contribution in [0.3, 0.4) is 0 Å². The van der Waals surface area contributed by atoms with Gasteiger partial charge in [-0.3, -0.25) is 4.99 Å². The number of aliphatic imine (C=N–C) groups is 1. The first kappa shape index (κ1) is 11.6. The molecule has 0 spiro atoms. The van der Waals surface area contributed by atoms with E-state index in [1.807, 2.05) is 54.6 Å². The summed E-state index contributed by atoms with van der Waals surface area (Å²) in [5, 5.41) is 6.38. The molecule has 0 fully saturated rings. The molecule has 96 valence electrons. The Morgan fingerprint density at radius 1 is 0.947 bits per heavy atom. The van der Waals surface area contributed by atoms with E-state index in [2.05, 4.69) is 15.6 Å². The average molecular weight is 253 g/mol. The molecular formula is C15H15N3O. The number of nitrogens with one attached hydrogen (secondary N) is 2. The number of para-hydroxylation sites is 1. The third-order valence-corrected chi connectivity index (χ3v) is 2.77. The standard InChI is InChI=1S/C15H15N3O/c1-2-4-13(5-3-1)19-14-8-6-12(7-9-14)18-15-16-10-11-17-15/h1-9H,10-11H2,(H2,16,17,18).